The third kappa shape index (κ3) is 3.38. The Hall–Kier alpha value is -3.15. The highest BCUT2D eigenvalue weighted by Crippen LogP contribution is 2.26. The van der Waals surface area contributed by atoms with E-state index in [1.54, 1.807) is 31.2 Å². The van der Waals surface area contributed by atoms with Crippen LogP contribution in [-0.4, -0.2) is 35.8 Å². The molecule has 0 aromatic heterocycles. The summed E-state index contributed by atoms with van der Waals surface area (Å²) < 4.78 is 0. The van der Waals surface area contributed by atoms with Crippen LogP contribution in [-0.2, 0) is 16.8 Å². The molecule has 144 valence electrons. The molecule has 28 heavy (non-hydrogen) atoms. The fourth-order valence-electron chi connectivity index (χ4n) is 4.01. The van der Waals surface area contributed by atoms with Crippen LogP contribution in [0.15, 0.2) is 54.6 Å². The van der Waals surface area contributed by atoms with Gasteiger partial charge in [0.2, 0.25) is 0 Å². The Labute approximate surface area is 163 Å². The van der Waals surface area contributed by atoms with Crippen LogP contribution >= 0.6 is 0 Å². The molecule has 2 unspecified atom stereocenters. The zero-order chi connectivity index (χ0) is 19.7. The Balaban J connectivity index is 1.42. The topological polar surface area (TPSA) is 78.5 Å². The van der Waals surface area contributed by atoms with E-state index >= 15 is 0 Å². The molecule has 2 atom stereocenters. The second-order valence-corrected chi connectivity index (χ2v) is 7.71. The summed E-state index contributed by atoms with van der Waals surface area (Å²) in [5.41, 5.74) is 1.44. The molecule has 2 aliphatic rings. The summed E-state index contributed by atoms with van der Waals surface area (Å²) in [6.45, 7) is 3.17. The van der Waals surface area contributed by atoms with Crippen LogP contribution in [0.4, 0.5) is 4.79 Å². The van der Waals surface area contributed by atoms with E-state index in [0.717, 1.165) is 25.9 Å². The van der Waals surface area contributed by atoms with E-state index < -0.39 is 11.6 Å². The van der Waals surface area contributed by atoms with Gasteiger partial charge in [-0.25, -0.2) is 4.79 Å². The second-order valence-electron chi connectivity index (χ2n) is 7.71. The number of benzene rings is 2. The Morgan fingerprint density at radius 1 is 1.11 bits per heavy atom. The summed E-state index contributed by atoms with van der Waals surface area (Å²) >= 11 is 0. The van der Waals surface area contributed by atoms with Gasteiger partial charge in [0.15, 0.2) is 0 Å². The summed E-state index contributed by atoms with van der Waals surface area (Å²) in [5.74, 6) is 0.0916. The van der Waals surface area contributed by atoms with Gasteiger partial charge in [-0.1, -0.05) is 42.5 Å². The number of likely N-dealkylation sites (tertiary alicyclic amines) is 1. The maximum atomic E-state index is 12.9. The molecule has 4 rings (SSSR count). The molecule has 0 saturated carbocycles. The van der Waals surface area contributed by atoms with Crippen molar-refractivity contribution in [2.75, 3.05) is 13.1 Å². The van der Waals surface area contributed by atoms with E-state index in [4.69, 9.17) is 0 Å². The largest absolute Gasteiger partial charge is 0.338 e. The minimum Gasteiger partial charge on any atom is -0.338 e. The fourth-order valence-corrected chi connectivity index (χ4v) is 4.01. The van der Waals surface area contributed by atoms with Gasteiger partial charge >= 0.3 is 6.03 Å². The first kappa shape index (κ1) is 18.2. The first-order valence-electron chi connectivity index (χ1n) is 9.53. The molecule has 2 N–H and O–H groups in total. The number of carbonyl (C=O) groups is 3. The standard InChI is InChI=1S/C22H23N3O3/c1-22(20(27)23-21(28)24-22)18-9-7-17(8-10-18)19(26)25-12-11-16(14-25)13-15-5-3-2-4-6-15/h2-10,16H,11-14H2,1H3,(H2,23,24,27,28). The van der Waals surface area contributed by atoms with Gasteiger partial charge < -0.3 is 10.2 Å². The predicted molar refractivity (Wildman–Crippen MR) is 105 cm³/mol. The number of nitrogens with one attached hydrogen (secondary N) is 2. The lowest BCUT2D eigenvalue weighted by atomic mass is 9.91. The Morgan fingerprint density at radius 3 is 2.46 bits per heavy atom. The number of carbonyl (C=O) groups excluding carboxylic acids is 3. The minimum atomic E-state index is -1.10. The molecule has 0 bridgehead atoms. The van der Waals surface area contributed by atoms with Crippen LogP contribution in [0.1, 0.15) is 34.8 Å². The third-order valence-corrected chi connectivity index (χ3v) is 5.69. The van der Waals surface area contributed by atoms with Crippen molar-refractivity contribution in [2.45, 2.75) is 25.3 Å². The molecule has 0 aliphatic carbocycles. The summed E-state index contributed by atoms with van der Waals surface area (Å²) in [4.78, 5) is 38.2. The van der Waals surface area contributed by atoms with E-state index in [9.17, 15) is 14.4 Å². The van der Waals surface area contributed by atoms with Crippen LogP contribution < -0.4 is 10.6 Å². The first-order chi connectivity index (χ1) is 13.5. The van der Waals surface area contributed by atoms with Crippen molar-refractivity contribution in [1.82, 2.24) is 15.5 Å². The van der Waals surface area contributed by atoms with Gasteiger partial charge in [0, 0.05) is 18.7 Å². The number of amides is 4. The number of rotatable bonds is 4. The SMILES string of the molecule is CC1(c2ccc(C(=O)N3CCC(Cc4ccccc4)C3)cc2)NC(=O)NC1=O. The van der Waals surface area contributed by atoms with Crippen LogP contribution in [0.25, 0.3) is 0 Å². The van der Waals surface area contributed by atoms with Crippen molar-refractivity contribution in [2.24, 2.45) is 5.92 Å². The summed E-state index contributed by atoms with van der Waals surface area (Å²) in [7, 11) is 0. The van der Waals surface area contributed by atoms with E-state index in [-0.39, 0.29) is 11.8 Å². The molecule has 2 heterocycles. The molecule has 6 nitrogen and oxygen atoms in total. The van der Waals surface area contributed by atoms with E-state index in [1.165, 1.54) is 5.56 Å². The van der Waals surface area contributed by atoms with Gasteiger partial charge in [-0.05, 0) is 48.9 Å². The van der Waals surface area contributed by atoms with Crippen LogP contribution in [0.5, 0.6) is 0 Å². The Morgan fingerprint density at radius 2 is 1.82 bits per heavy atom. The van der Waals surface area contributed by atoms with Gasteiger partial charge in [0.25, 0.3) is 11.8 Å². The Kier molecular flexibility index (Phi) is 4.63. The van der Waals surface area contributed by atoms with Crippen molar-refractivity contribution in [3.8, 4) is 0 Å². The number of nitrogens with zero attached hydrogens (tertiary/aromatic N) is 1. The van der Waals surface area contributed by atoms with Gasteiger partial charge in [-0.15, -0.1) is 0 Å². The summed E-state index contributed by atoms with van der Waals surface area (Å²) in [5, 5.41) is 4.88. The van der Waals surface area contributed by atoms with E-state index in [1.807, 2.05) is 23.1 Å². The average molecular weight is 377 g/mol. The lowest BCUT2D eigenvalue weighted by Crippen LogP contribution is -2.40. The average Bonchev–Trinajstić information content (AvgIpc) is 3.26. The van der Waals surface area contributed by atoms with E-state index in [2.05, 4.69) is 22.8 Å². The number of hydrogen-bond donors (Lipinski definition) is 2. The molecule has 2 saturated heterocycles. The highest BCUT2D eigenvalue weighted by molar-refractivity contribution is 6.07. The second kappa shape index (κ2) is 7.11. The molecule has 2 aliphatic heterocycles. The molecular weight excluding hydrogens is 354 g/mol. The molecule has 0 radical (unpaired) electrons. The quantitative estimate of drug-likeness (QED) is 0.804. The minimum absolute atomic E-state index is 0.00664. The predicted octanol–water partition coefficient (Wildman–Crippen LogP) is 2.45. The van der Waals surface area contributed by atoms with E-state index in [0.29, 0.717) is 17.0 Å². The summed E-state index contributed by atoms with van der Waals surface area (Å²) in [6, 6.07) is 16.8. The van der Waals surface area contributed by atoms with Gasteiger partial charge in [-0.3, -0.25) is 14.9 Å². The third-order valence-electron chi connectivity index (χ3n) is 5.69. The zero-order valence-corrected chi connectivity index (χ0v) is 15.8. The first-order valence-corrected chi connectivity index (χ1v) is 9.53. The highest BCUT2D eigenvalue weighted by atomic mass is 16.2. The normalized spacial score (nSPS) is 24.2. The molecule has 0 spiro atoms. The zero-order valence-electron chi connectivity index (χ0n) is 15.8. The molecule has 6 heteroatoms. The molecule has 2 fully saturated rings. The summed E-state index contributed by atoms with van der Waals surface area (Å²) in [6.07, 6.45) is 1.99. The lowest BCUT2D eigenvalue weighted by molar-refractivity contribution is -0.123. The lowest BCUT2D eigenvalue weighted by Gasteiger charge is -2.22. The number of hydrogen-bond acceptors (Lipinski definition) is 3. The van der Waals surface area contributed by atoms with Crippen LogP contribution in [0, 0.1) is 5.92 Å². The maximum Gasteiger partial charge on any atom is 0.322 e. The van der Waals surface area contributed by atoms with Gasteiger partial charge in [-0.2, -0.15) is 0 Å². The van der Waals surface area contributed by atoms with Crippen molar-refractivity contribution in [3.63, 3.8) is 0 Å². The van der Waals surface area contributed by atoms with Crippen LogP contribution in [0.2, 0.25) is 0 Å². The van der Waals surface area contributed by atoms with Crippen molar-refractivity contribution >= 4 is 17.8 Å². The van der Waals surface area contributed by atoms with Gasteiger partial charge in [0.1, 0.15) is 5.54 Å². The fraction of sp³-hybridized carbons (Fsp3) is 0.318. The molecular formula is C22H23N3O3. The highest BCUT2D eigenvalue weighted by Gasteiger charge is 2.43. The van der Waals surface area contributed by atoms with Crippen LogP contribution in [0.3, 0.4) is 0 Å². The maximum absolute atomic E-state index is 12.9. The van der Waals surface area contributed by atoms with Gasteiger partial charge in [0.05, 0.1) is 0 Å². The van der Waals surface area contributed by atoms with Crippen molar-refractivity contribution < 1.29 is 14.4 Å². The van der Waals surface area contributed by atoms with Crippen molar-refractivity contribution in [3.05, 3.63) is 71.3 Å². The number of imide groups is 1. The Bertz CT molecular complexity index is 910. The monoisotopic (exact) mass is 377 g/mol. The number of urea groups is 1. The molecule has 4 amide bonds. The molecule has 2 aromatic rings. The smallest absolute Gasteiger partial charge is 0.322 e. The van der Waals surface area contributed by atoms with Crippen molar-refractivity contribution in [1.29, 1.82) is 0 Å². The molecule has 2 aromatic carbocycles.